The molecular weight excluding hydrogens is 218 g/mol. The lowest BCUT2D eigenvalue weighted by Gasteiger charge is -2.11. The van der Waals surface area contributed by atoms with Crippen molar-refractivity contribution in [1.29, 1.82) is 0 Å². The average Bonchev–Trinajstić information content (AvgIpc) is 2.78. The number of nitrogens with two attached hydrogens (primary N) is 1. The highest BCUT2D eigenvalue weighted by molar-refractivity contribution is 5.54. The van der Waals surface area contributed by atoms with Crippen LogP contribution in [0, 0.1) is 0 Å². The molecule has 0 amide bonds. The molecule has 2 rings (SSSR count). The number of hydrogen-bond acceptors (Lipinski definition) is 5. The van der Waals surface area contributed by atoms with E-state index in [0.717, 1.165) is 11.3 Å². The Labute approximate surface area is 99.6 Å². The first-order valence-corrected chi connectivity index (χ1v) is 5.28. The molecule has 0 radical (unpaired) electrons. The second-order valence-corrected chi connectivity index (χ2v) is 4.37. The molecule has 2 aromatic rings. The van der Waals surface area contributed by atoms with Crippen LogP contribution in [0.2, 0.25) is 0 Å². The largest absolute Gasteiger partial charge is 0.497 e. The van der Waals surface area contributed by atoms with Gasteiger partial charge >= 0.3 is 0 Å². The zero-order valence-corrected chi connectivity index (χ0v) is 10.1. The fourth-order valence-corrected chi connectivity index (χ4v) is 1.34. The van der Waals surface area contributed by atoms with Gasteiger partial charge in [-0.25, -0.2) is 0 Å². The molecule has 1 heterocycles. The highest BCUT2D eigenvalue weighted by atomic mass is 16.5. The lowest BCUT2D eigenvalue weighted by molar-refractivity contribution is 0.397. The number of nitrogens with zero attached hydrogens (tertiary/aromatic N) is 2. The van der Waals surface area contributed by atoms with E-state index in [4.69, 9.17) is 15.0 Å². The molecule has 5 nitrogen and oxygen atoms in total. The highest BCUT2D eigenvalue weighted by Crippen LogP contribution is 2.22. The van der Waals surface area contributed by atoms with Gasteiger partial charge in [0.25, 0.3) is 5.89 Å². The molecule has 0 aliphatic rings. The van der Waals surface area contributed by atoms with Gasteiger partial charge in [0, 0.05) is 5.56 Å². The molecule has 0 spiro atoms. The molecule has 0 atom stereocenters. The number of rotatable bonds is 3. The smallest absolute Gasteiger partial charge is 0.257 e. The Kier molecular flexibility index (Phi) is 2.85. The summed E-state index contributed by atoms with van der Waals surface area (Å²) in [5.41, 5.74) is 6.13. The summed E-state index contributed by atoms with van der Waals surface area (Å²) in [5.74, 6) is 1.73. The molecule has 0 bridgehead atoms. The predicted octanol–water partition coefficient (Wildman–Crippen LogP) is 1.94. The van der Waals surface area contributed by atoms with Crippen LogP contribution in [0.15, 0.2) is 28.8 Å². The van der Waals surface area contributed by atoms with Gasteiger partial charge in [0.1, 0.15) is 5.75 Å². The number of aromatic nitrogens is 2. The summed E-state index contributed by atoms with van der Waals surface area (Å²) in [5, 5.41) is 3.86. The second-order valence-electron chi connectivity index (χ2n) is 4.37. The average molecular weight is 233 g/mol. The van der Waals surface area contributed by atoms with E-state index in [1.165, 1.54) is 0 Å². The van der Waals surface area contributed by atoms with Gasteiger partial charge in [-0.05, 0) is 38.1 Å². The Morgan fingerprint density at radius 2 is 1.88 bits per heavy atom. The minimum Gasteiger partial charge on any atom is -0.497 e. The molecule has 0 saturated carbocycles. The number of methoxy groups -OCH3 is 1. The third-order valence-corrected chi connectivity index (χ3v) is 2.34. The summed E-state index contributed by atoms with van der Waals surface area (Å²) >= 11 is 0. The van der Waals surface area contributed by atoms with Crippen molar-refractivity contribution in [1.82, 2.24) is 10.1 Å². The molecule has 5 heteroatoms. The third-order valence-electron chi connectivity index (χ3n) is 2.34. The maximum absolute atomic E-state index is 5.89. The van der Waals surface area contributed by atoms with Gasteiger partial charge in [-0.15, -0.1) is 0 Å². The Morgan fingerprint density at radius 1 is 1.24 bits per heavy atom. The Hall–Kier alpha value is -1.88. The Morgan fingerprint density at radius 3 is 2.35 bits per heavy atom. The molecule has 2 N–H and O–H groups in total. The van der Waals surface area contributed by atoms with Crippen molar-refractivity contribution in [3.8, 4) is 17.2 Å². The fourth-order valence-electron chi connectivity index (χ4n) is 1.34. The second kappa shape index (κ2) is 4.18. The Bertz CT molecular complexity index is 497. The van der Waals surface area contributed by atoms with Crippen molar-refractivity contribution < 1.29 is 9.26 Å². The van der Waals surface area contributed by atoms with Gasteiger partial charge in [-0.3, -0.25) is 0 Å². The molecule has 1 aromatic heterocycles. The topological polar surface area (TPSA) is 74.2 Å². The van der Waals surface area contributed by atoms with E-state index in [0.29, 0.717) is 11.7 Å². The number of hydrogen-bond donors (Lipinski definition) is 1. The van der Waals surface area contributed by atoms with Crippen LogP contribution in [0.4, 0.5) is 0 Å². The fraction of sp³-hybridized carbons (Fsp3) is 0.333. The van der Waals surface area contributed by atoms with Crippen LogP contribution in [0.3, 0.4) is 0 Å². The van der Waals surface area contributed by atoms with Crippen molar-refractivity contribution >= 4 is 0 Å². The standard InChI is InChI=1S/C12H15N3O2/c1-12(2,13)11-14-10(17-15-11)8-4-6-9(16-3)7-5-8/h4-7H,13H2,1-3H3. The minimum atomic E-state index is -0.603. The van der Waals surface area contributed by atoms with Gasteiger partial charge in [0.15, 0.2) is 5.82 Å². The van der Waals surface area contributed by atoms with Crippen molar-refractivity contribution in [2.75, 3.05) is 7.11 Å². The van der Waals surface area contributed by atoms with Gasteiger partial charge < -0.3 is 15.0 Å². The monoisotopic (exact) mass is 233 g/mol. The molecule has 0 aliphatic heterocycles. The van der Waals surface area contributed by atoms with Crippen LogP contribution in [0.5, 0.6) is 5.75 Å². The predicted molar refractivity (Wildman–Crippen MR) is 63.5 cm³/mol. The maximum Gasteiger partial charge on any atom is 0.257 e. The van der Waals surface area contributed by atoms with Crippen molar-refractivity contribution in [2.24, 2.45) is 5.73 Å². The van der Waals surface area contributed by atoms with Gasteiger partial charge in [-0.1, -0.05) is 5.16 Å². The molecule has 0 unspecified atom stereocenters. The van der Waals surface area contributed by atoms with Crippen LogP contribution in [0.25, 0.3) is 11.5 Å². The van der Waals surface area contributed by atoms with Crippen LogP contribution in [-0.2, 0) is 5.54 Å². The van der Waals surface area contributed by atoms with Gasteiger partial charge in [0.2, 0.25) is 0 Å². The maximum atomic E-state index is 5.89. The molecule has 0 aliphatic carbocycles. The van der Waals surface area contributed by atoms with Crippen LogP contribution < -0.4 is 10.5 Å². The highest BCUT2D eigenvalue weighted by Gasteiger charge is 2.21. The van der Waals surface area contributed by atoms with E-state index in [2.05, 4.69) is 10.1 Å². The molecule has 0 fully saturated rings. The first-order chi connectivity index (χ1) is 8.00. The number of ether oxygens (including phenoxy) is 1. The van der Waals surface area contributed by atoms with Crippen molar-refractivity contribution in [3.63, 3.8) is 0 Å². The molecule has 90 valence electrons. The molecular formula is C12H15N3O2. The quantitative estimate of drug-likeness (QED) is 0.876. The summed E-state index contributed by atoms with van der Waals surface area (Å²) in [6.07, 6.45) is 0. The SMILES string of the molecule is COc1ccc(-c2nc(C(C)(C)N)no2)cc1. The lowest BCUT2D eigenvalue weighted by atomic mass is 10.1. The zero-order valence-electron chi connectivity index (χ0n) is 10.1. The van der Waals surface area contributed by atoms with E-state index in [9.17, 15) is 0 Å². The van der Waals surface area contributed by atoms with Crippen LogP contribution >= 0.6 is 0 Å². The molecule has 17 heavy (non-hydrogen) atoms. The third kappa shape index (κ3) is 2.45. The van der Waals surface area contributed by atoms with Gasteiger partial charge in [0.05, 0.1) is 12.6 Å². The lowest BCUT2D eigenvalue weighted by Crippen LogP contribution is -2.30. The first-order valence-electron chi connectivity index (χ1n) is 5.28. The van der Waals surface area contributed by atoms with Crippen molar-refractivity contribution in [3.05, 3.63) is 30.1 Å². The summed E-state index contributed by atoms with van der Waals surface area (Å²) in [7, 11) is 1.62. The van der Waals surface area contributed by atoms with Crippen molar-refractivity contribution in [2.45, 2.75) is 19.4 Å². The summed E-state index contributed by atoms with van der Waals surface area (Å²) in [6.45, 7) is 3.66. The van der Waals surface area contributed by atoms with Crippen LogP contribution in [0.1, 0.15) is 19.7 Å². The minimum absolute atomic E-state index is 0.459. The van der Waals surface area contributed by atoms with E-state index in [-0.39, 0.29) is 0 Å². The number of benzene rings is 1. The van der Waals surface area contributed by atoms with Gasteiger partial charge in [-0.2, -0.15) is 4.98 Å². The van der Waals surface area contributed by atoms with E-state index >= 15 is 0 Å². The summed E-state index contributed by atoms with van der Waals surface area (Å²) in [6, 6.07) is 7.40. The summed E-state index contributed by atoms with van der Waals surface area (Å²) in [4.78, 5) is 4.26. The normalized spacial score (nSPS) is 11.5. The molecule has 0 saturated heterocycles. The van der Waals surface area contributed by atoms with E-state index in [1.54, 1.807) is 7.11 Å². The first kappa shape index (κ1) is 11.6. The van der Waals surface area contributed by atoms with Crippen LogP contribution in [-0.4, -0.2) is 17.3 Å². The Balaban J connectivity index is 2.30. The molecule has 1 aromatic carbocycles. The summed E-state index contributed by atoms with van der Waals surface area (Å²) < 4.78 is 10.2. The zero-order chi connectivity index (χ0) is 12.5. The van der Waals surface area contributed by atoms with E-state index in [1.807, 2.05) is 38.1 Å². The van der Waals surface area contributed by atoms with E-state index < -0.39 is 5.54 Å².